The average Bonchev–Trinajstić information content (AvgIpc) is 3.68. The number of aromatic nitrogens is 4. The van der Waals surface area contributed by atoms with E-state index in [1.165, 1.54) is 27.7 Å². The molecule has 0 aromatic carbocycles. The zero-order valence-corrected chi connectivity index (χ0v) is 23.5. The third-order valence-electron chi connectivity index (χ3n) is 8.30. The van der Waals surface area contributed by atoms with Crippen LogP contribution in [0.4, 0.5) is 0 Å². The molecule has 1 aromatic rings. The number of β-lactam (4-membered cyclic amide) rings is 1. The summed E-state index contributed by atoms with van der Waals surface area (Å²) < 4.78 is 1.26. The van der Waals surface area contributed by atoms with Gasteiger partial charge in [0.15, 0.2) is 0 Å². The van der Waals surface area contributed by atoms with Crippen LogP contribution in [0.3, 0.4) is 0 Å². The van der Waals surface area contributed by atoms with Gasteiger partial charge in [0.2, 0.25) is 17.7 Å². The van der Waals surface area contributed by atoms with E-state index < -0.39 is 36.1 Å². The molecule has 3 amide bonds. The van der Waals surface area contributed by atoms with Crippen molar-refractivity contribution in [2.75, 3.05) is 19.6 Å². The standard InChI is InChI=1S/C24H34N10O6S/c1-10-19-18(11(2)29-17(36)8-33-9-28-30-31-33)23(38)34(19)20(24(39)40)21(10)41-13-4-14(27-5-13)22(37)32-6-12(3-16(25)26)15(35)7-32/h9-15,18-19,27,35H,3-8H2,1-2H3,(H3,25,26)(H,29,36)(H,39,40)/t10-,11-,12?,13+,14+,15+,18?,19-/m1/s1. The predicted octanol–water partition coefficient (Wildman–Crippen LogP) is -2.44. The Labute approximate surface area is 239 Å². The van der Waals surface area contributed by atoms with E-state index in [9.17, 15) is 29.4 Å². The third kappa shape index (κ3) is 5.52. The maximum atomic E-state index is 13.2. The second kappa shape index (κ2) is 11.4. The van der Waals surface area contributed by atoms with Crippen molar-refractivity contribution in [2.24, 2.45) is 23.5 Å². The molecule has 5 rings (SSSR count). The van der Waals surface area contributed by atoms with Gasteiger partial charge in [-0.1, -0.05) is 6.92 Å². The fraction of sp³-hybridized carbons (Fsp3) is 0.667. The first-order valence-corrected chi connectivity index (χ1v) is 14.3. The summed E-state index contributed by atoms with van der Waals surface area (Å²) in [7, 11) is 0. The Kier molecular flexibility index (Phi) is 8.02. The number of β-amino-alcohol motifs (C(OH)–C–C–N with tert-alkyl or cyclic N) is 1. The molecule has 0 spiro atoms. The van der Waals surface area contributed by atoms with Crippen LogP contribution < -0.4 is 16.4 Å². The molecular formula is C24H34N10O6S. The number of amidine groups is 1. The van der Waals surface area contributed by atoms with Crippen molar-refractivity contribution in [3.05, 3.63) is 16.9 Å². The zero-order chi connectivity index (χ0) is 29.6. The lowest BCUT2D eigenvalue weighted by atomic mass is 9.78. The predicted molar refractivity (Wildman–Crippen MR) is 144 cm³/mol. The van der Waals surface area contributed by atoms with E-state index in [1.807, 2.05) is 6.92 Å². The highest BCUT2D eigenvalue weighted by atomic mass is 32.2. The van der Waals surface area contributed by atoms with E-state index >= 15 is 0 Å². The number of nitrogens with zero attached hydrogens (tertiary/aromatic N) is 6. The molecule has 4 aliphatic heterocycles. The quantitative estimate of drug-likeness (QED) is 0.0948. The Morgan fingerprint density at radius 2 is 2.10 bits per heavy atom. The lowest BCUT2D eigenvalue weighted by molar-refractivity contribution is -0.158. The number of carboxylic acids is 1. The lowest BCUT2D eigenvalue weighted by Gasteiger charge is -2.47. The minimum absolute atomic E-state index is 0.0291. The topological polar surface area (TPSA) is 233 Å². The highest BCUT2D eigenvalue weighted by Gasteiger charge is 2.60. The van der Waals surface area contributed by atoms with Gasteiger partial charge in [-0.25, -0.2) is 9.48 Å². The number of amides is 3. The van der Waals surface area contributed by atoms with E-state index in [0.717, 1.165) is 0 Å². The van der Waals surface area contributed by atoms with E-state index in [1.54, 1.807) is 11.8 Å². The van der Waals surface area contributed by atoms with E-state index in [-0.39, 0.29) is 65.9 Å². The number of aliphatic hydroxyl groups is 1. The Balaban J connectivity index is 1.21. The van der Waals surface area contributed by atoms with Gasteiger partial charge in [-0.2, -0.15) is 0 Å². The second-order valence-electron chi connectivity index (χ2n) is 11.1. The van der Waals surface area contributed by atoms with Crippen molar-refractivity contribution in [2.45, 2.75) is 62.7 Å². The SMILES string of the molecule is C[C@@H](NC(=O)Cn1cnnn1)C1C(=O)N2C(C(=O)O)=C(S[C@@H]3CN[C@H](C(=O)N4CC(CC(=N)N)[C@@H](O)C4)C3)[C@H](C)[C@H]12. The van der Waals surface area contributed by atoms with Crippen LogP contribution >= 0.6 is 11.8 Å². The summed E-state index contributed by atoms with van der Waals surface area (Å²) in [6.07, 6.45) is 1.26. The molecule has 7 N–H and O–H groups in total. The second-order valence-corrected chi connectivity index (χ2v) is 12.5. The molecule has 0 aliphatic carbocycles. The van der Waals surface area contributed by atoms with Crippen molar-refractivity contribution in [3.8, 4) is 0 Å². The number of rotatable bonds is 10. The molecule has 3 fully saturated rings. The summed E-state index contributed by atoms with van der Waals surface area (Å²) >= 11 is 1.38. The highest BCUT2D eigenvalue weighted by Crippen LogP contribution is 2.51. The molecule has 41 heavy (non-hydrogen) atoms. The summed E-state index contributed by atoms with van der Waals surface area (Å²) in [4.78, 5) is 54.6. The van der Waals surface area contributed by atoms with E-state index in [4.69, 9.17) is 11.1 Å². The Bertz CT molecular complexity index is 1270. The monoisotopic (exact) mass is 590 g/mol. The normalized spacial score (nSPS) is 31.7. The van der Waals surface area contributed by atoms with Crippen LogP contribution in [-0.2, 0) is 25.7 Å². The largest absolute Gasteiger partial charge is 0.477 e. The van der Waals surface area contributed by atoms with Crippen LogP contribution in [0.5, 0.6) is 0 Å². The average molecular weight is 591 g/mol. The molecular weight excluding hydrogens is 556 g/mol. The molecule has 0 radical (unpaired) electrons. The van der Waals surface area contributed by atoms with Crippen LogP contribution in [0.1, 0.15) is 26.7 Å². The smallest absolute Gasteiger partial charge is 0.353 e. The van der Waals surface area contributed by atoms with E-state index in [2.05, 4.69) is 26.2 Å². The van der Waals surface area contributed by atoms with Crippen LogP contribution in [0.15, 0.2) is 16.9 Å². The maximum absolute atomic E-state index is 13.2. The van der Waals surface area contributed by atoms with Gasteiger partial charge in [0.25, 0.3) is 0 Å². The molecule has 17 heteroatoms. The van der Waals surface area contributed by atoms with Gasteiger partial charge < -0.3 is 36.4 Å². The fourth-order valence-electron chi connectivity index (χ4n) is 6.38. The van der Waals surface area contributed by atoms with Gasteiger partial charge in [0.05, 0.1) is 29.9 Å². The lowest BCUT2D eigenvalue weighted by Crippen LogP contribution is -2.66. The molecule has 4 aliphatic rings. The molecule has 3 saturated heterocycles. The first-order chi connectivity index (χ1) is 19.5. The number of thioether (sulfide) groups is 1. The van der Waals surface area contributed by atoms with Gasteiger partial charge >= 0.3 is 5.97 Å². The number of nitrogens with two attached hydrogens (primary N) is 1. The fourth-order valence-corrected chi connectivity index (χ4v) is 7.86. The van der Waals surface area contributed by atoms with Crippen molar-refractivity contribution < 1.29 is 29.4 Å². The Hall–Kier alpha value is -3.57. The summed E-state index contributed by atoms with van der Waals surface area (Å²) in [5, 5.41) is 44.4. The number of carbonyl (C=O) groups excluding carboxylic acids is 3. The number of aliphatic hydroxyl groups excluding tert-OH is 1. The zero-order valence-electron chi connectivity index (χ0n) is 22.6. The van der Waals surface area contributed by atoms with Gasteiger partial charge in [-0.15, -0.1) is 16.9 Å². The number of aliphatic carboxylic acids is 1. The number of tetrazole rings is 1. The van der Waals surface area contributed by atoms with Crippen molar-refractivity contribution in [1.82, 2.24) is 40.6 Å². The molecule has 5 heterocycles. The number of hydrogen-bond donors (Lipinski definition) is 6. The van der Waals surface area contributed by atoms with Crippen LogP contribution in [0.25, 0.3) is 0 Å². The number of carboxylic acid groups (broad SMARTS) is 1. The maximum Gasteiger partial charge on any atom is 0.353 e. The molecule has 0 saturated carbocycles. The first kappa shape index (κ1) is 28.9. The van der Waals surface area contributed by atoms with E-state index in [0.29, 0.717) is 24.4 Å². The van der Waals surface area contributed by atoms with Gasteiger partial charge in [-0.3, -0.25) is 19.8 Å². The van der Waals surface area contributed by atoms with Gasteiger partial charge in [-0.05, 0) is 23.8 Å². The molecule has 8 atom stereocenters. The minimum atomic E-state index is -1.19. The van der Waals surface area contributed by atoms with Crippen LogP contribution in [-0.4, -0.2) is 119 Å². The number of carbonyl (C=O) groups is 4. The van der Waals surface area contributed by atoms with Gasteiger partial charge in [0, 0.05) is 54.1 Å². The summed E-state index contributed by atoms with van der Waals surface area (Å²) in [5.41, 5.74) is 5.44. The Morgan fingerprint density at radius 1 is 1.34 bits per heavy atom. The number of likely N-dealkylation sites (tertiary alicyclic amines) is 1. The molecule has 1 aromatic heterocycles. The summed E-state index contributed by atoms with van der Waals surface area (Å²) in [5.74, 6) is -3.21. The molecule has 2 unspecified atom stereocenters. The number of fused-ring (bicyclic) bond motifs is 1. The van der Waals surface area contributed by atoms with Crippen LogP contribution in [0.2, 0.25) is 0 Å². The highest BCUT2D eigenvalue weighted by molar-refractivity contribution is 8.03. The van der Waals surface area contributed by atoms with Gasteiger partial charge in [0.1, 0.15) is 18.6 Å². The van der Waals surface area contributed by atoms with Crippen molar-refractivity contribution in [1.29, 1.82) is 5.41 Å². The molecule has 16 nitrogen and oxygen atoms in total. The molecule has 222 valence electrons. The first-order valence-electron chi connectivity index (χ1n) is 13.5. The van der Waals surface area contributed by atoms with Crippen molar-refractivity contribution >= 4 is 41.3 Å². The third-order valence-corrected chi connectivity index (χ3v) is 9.81. The van der Waals surface area contributed by atoms with Crippen LogP contribution in [0, 0.1) is 23.2 Å². The van der Waals surface area contributed by atoms with Crippen molar-refractivity contribution in [3.63, 3.8) is 0 Å². The number of nitrogens with one attached hydrogen (secondary N) is 3. The number of hydrogen-bond acceptors (Lipinski definition) is 11. The summed E-state index contributed by atoms with van der Waals surface area (Å²) in [6, 6.07) is -1.42. The molecule has 0 bridgehead atoms. The minimum Gasteiger partial charge on any atom is -0.477 e. The summed E-state index contributed by atoms with van der Waals surface area (Å²) in [6.45, 7) is 4.49. The Morgan fingerprint density at radius 3 is 2.76 bits per heavy atom.